The third-order valence-corrected chi connectivity index (χ3v) is 17.1. The number of rotatable bonds is 12. The van der Waals surface area contributed by atoms with Gasteiger partial charge in [0.05, 0.1) is 19.8 Å². The third kappa shape index (κ3) is 13.0. The molecule has 11 heteroatoms. The minimum atomic E-state index is -2.20. The van der Waals surface area contributed by atoms with E-state index in [0.29, 0.717) is 17.9 Å². The van der Waals surface area contributed by atoms with Crippen molar-refractivity contribution in [3.8, 4) is 0 Å². The number of hydrogen-bond donors (Lipinski definition) is 2. The van der Waals surface area contributed by atoms with Crippen molar-refractivity contribution in [3.05, 3.63) is 25.3 Å². The number of esters is 2. The van der Waals surface area contributed by atoms with Crippen molar-refractivity contribution in [2.45, 2.75) is 104 Å². The summed E-state index contributed by atoms with van der Waals surface area (Å²) in [5.41, 5.74) is 0.468. The summed E-state index contributed by atoms with van der Waals surface area (Å²) in [5.74, 6) is 0.0697. The Kier molecular flexibility index (Phi) is 15.3. The molecule has 0 saturated heterocycles. The van der Waals surface area contributed by atoms with Gasteiger partial charge in [-0.3, -0.25) is 0 Å². The lowest BCUT2D eigenvalue weighted by Gasteiger charge is -2.38. The van der Waals surface area contributed by atoms with Crippen molar-refractivity contribution in [3.63, 3.8) is 0 Å². The van der Waals surface area contributed by atoms with Gasteiger partial charge in [-0.2, -0.15) is 0 Å². The monoisotopic (exact) mass is 604 g/mol. The largest absolute Gasteiger partial charge is 0.463 e. The number of hydrogen-bond acceptors (Lipinski definition) is 8. The number of carbonyl (C=O) groups is 2. The van der Waals surface area contributed by atoms with Gasteiger partial charge >= 0.3 is 20.5 Å². The Balaban J connectivity index is 0.000000666. The molecule has 2 aliphatic rings. The molecule has 0 aromatic carbocycles. The summed E-state index contributed by atoms with van der Waals surface area (Å²) in [6, 6.07) is 0.853. The van der Waals surface area contributed by atoms with E-state index < -0.39 is 25.2 Å². The van der Waals surface area contributed by atoms with Gasteiger partial charge in [0.15, 0.2) is 16.6 Å². The lowest BCUT2D eigenvalue weighted by atomic mass is 9.70. The van der Waals surface area contributed by atoms with E-state index in [1.54, 1.807) is 0 Å². The van der Waals surface area contributed by atoms with Gasteiger partial charge in [0.25, 0.3) is 0 Å². The first-order valence-electron chi connectivity index (χ1n) is 13.9. The third-order valence-electron chi connectivity index (χ3n) is 7.47. The van der Waals surface area contributed by atoms with Crippen LogP contribution in [0.25, 0.3) is 0 Å². The maximum Gasteiger partial charge on any atom is 0.330 e. The Morgan fingerprint density at radius 3 is 1.72 bits per heavy atom. The second kappa shape index (κ2) is 15.8. The van der Waals surface area contributed by atoms with E-state index in [1.807, 2.05) is 0 Å². The van der Waals surface area contributed by atoms with Gasteiger partial charge in [-0.15, -0.1) is 0 Å². The molecule has 2 aliphatic carbocycles. The van der Waals surface area contributed by atoms with Crippen LogP contribution in [-0.2, 0) is 27.3 Å². The number of ether oxygens (including phenoxy) is 2. The summed E-state index contributed by atoms with van der Waals surface area (Å²) in [6.45, 7) is 29.1. The smallest absolute Gasteiger partial charge is 0.330 e. The molecule has 8 nitrogen and oxygen atoms in total. The Hall–Kier alpha value is -1.09. The molecule has 0 amide bonds. The van der Waals surface area contributed by atoms with Crippen LogP contribution in [0.2, 0.25) is 51.9 Å². The van der Waals surface area contributed by atoms with Crippen LogP contribution < -0.4 is 0 Å². The van der Waals surface area contributed by atoms with E-state index in [9.17, 15) is 9.59 Å². The molecule has 0 radical (unpaired) electrons. The highest BCUT2D eigenvalue weighted by Crippen LogP contribution is 2.66. The van der Waals surface area contributed by atoms with Gasteiger partial charge in [0, 0.05) is 17.6 Å². The van der Waals surface area contributed by atoms with E-state index >= 15 is 0 Å². The van der Waals surface area contributed by atoms with Crippen LogP contribution in [0.4, 0.5) is 0 Å². The standard InChI is InChI=1S/C13H30O4Si3.C13H20O2.C2H6O2/c1-9-13(14)15-11-10-12-20(8,16-18(2,3)4)17-19(5,6)7;1-5-11(14)15-10-8-9-6-7-13(10,4)12(9,2)3;3-1-2-4/h9H,1,10-12H2,2-8H3;5,9-10H,1,6-8H2,2-4H3;3-4H,1-2H2. The summed E-state index contributed by atoms with van der Waals surface area (Å²) in [5, 5.41) is 15.2. The fourth-order valence-electron chi connectivity index (χ4n) is 5.54. The quantitative estimate of drug-likeness (QED) is 0.125. The maximum absolute atomic E-state index is 11.3. The lowest BCUT2D eigenvalue weighted by molar-refractivity contribution is -0.150. The topological polar surface area (TPSA) is 112 Å². The molecule has 2 N–H and O–H groups in total. The van der Waals surface area contributed by atoms with Gasteiger partial charge in [-0.25, -0.2) is 9.59 Å². The minimum Gasteiger partial charge on any atom is -0.463 e. The Labute approximate surface area is 240 Å². The molecule has 2 saturated carbocycles. The van der Waals surface area contributed by atoms with Crippen LogP contribution in [0.1, 0.15) is 46.5 Å². The number of aliphatic hydroxyl groups excluding tert-OH is 2. The van der Waals surface area contributed by atoms with Crippen LogP contribution in [0.3, 0.4) is 0 Å². The van der Waals surface area contributed by atoms with Crippen molar-refractivity contribution in [1.82, 2.24) is 0 Å². The predicted molar refractivity (Wildman–Crippen MR) is 165 cm³/mol. The summed E-state index contributed by atoms with van der Waals surface area (Å²) in [7, 11) is -5.49. The molecule has 0 spiro atoms. The first-order chi connectivity index (χ1) is 17.7. The van der Waals surface area contributed by atoms with Gasteiger partial charge in [0.1, 0.15) is 6.10 Å². The molecule has 3 atom stereocenters. The normalized spacial score (nSPS) is 23.5. The van der Waals surface area contributed by atoms with E-state index in [2.05, 4.69) is 79.8 Å². The molecule has 0 aromatic rings. The van der Waals surface area contributed by atoms with Crippen molar-refractivity contribution >= 4 is 37.1 Å². The molecular formula is C28H56O8Si3. The first kappa shape index (κ1) is 37.9. The zero-order valence-corrected chi connectivity index (χ0v) is 29.2. The highest BCUT2D eigenvalue weighted by Gasteiger charge is 2.62. The summed E-state index contributed by atoms with van der Waals surface area (Å²) < 4.78 is 23.2. The number of aliphatic hydroxyl groups is 2. The summed E-state index contributed by atoms with van der Waals surface area (Å²) in [4.78, 5) is 22.3. The summed E-state index contributed by atoms with van der Waals surface area (Å²) >= 11 is 0. The van der Waals surface area contributed by atoms with Gasteiger partial charge in [-0.05, 0) is 88.9 Å². The van der Waals surface area contributed by atoms with E-state index in [1.165, 1.54) is 25.0 Å². The Morgan fingerprint density at radius 1 is 0.897 bits per heavy atom. The molecular weight excluding hydrogens is 549 g/mol. The molecule has 3 unspecified atom stereocenters. The zero-order valence-electron chi connectivity index (χ0n) is 26.2. The number of carbonyl (C=O) groups excluding carboxylic acids is 2. The zero-order chi connectivity index (χ0) is 30.7. The fourth-order valence-corrected chi connectivity index (χ4v) is 18.0. The van der Waals surface area contributed by atoms with Crippen LogP contribution in [-0.4, -0.2) is 73.3 Å². The van der Waals surface area contributed by atoms with Crippen molar-refractivity contribution < 1.29 is 37.5 Å². The lowest BCUT2D eigenvalue weighted by Crippen LogP contribution is -2.52. The molecule has 2 bridgehead atoms. The maximum atomic E-state index is 11.3. The average molecular weight is 605 g/mol. The highest BCUT2D eigenvalue weighted by molar-refractivity contribution is 6.87. The summed E-state index contributed by atoms with van der Waals surface area (Å²) in [6.07, 6.45) is 6.82. The Morgan fingerprint density at radius 2 is 1.38 bits per heavy atom. The second-order valence-electron chi connectivity index (χ2n) is 13.2. The van der Waals surface area contributed by atoms with Crippen LogP contribution in [0, 0.1) is 16.7 Å². The van der Waals surface area contributed by atoms with Crippen LogP contribution in [0.5, 0.6) is 0 Å². The van der Waals surface area contributed by atoms with Crippen molar-refractivity contribution in [2.75, 3.05) is 19.8 Å². The molecule has 228 valence electrons. The SMILES string of the molecule is C=CC(=O)OC1CC2CCC1(C)C2(C)C.C=CC(=O)OCCC[Si](C)(O[Si](C)(C)C)O[Si](C)(C)C.OCCO. The van der Waals surface area contributed by atoms with Crippen molar-refractivity contribution in [1.29, 1.82) is 0 Å². The van der Waals surface area contributed by atoms with Gasteiger partial charge < -0.3 is 27.9 Å². The molecule has 2 rings (SSSR count). The molecule has 2 fully saturated rings. The van der Waals surface area contributed by atoms with Gasteiger partial charge in [-0.1, -0.05) is 33.9 Å². The molecule has 0 heterocycles. The number of fused-ring (bicyclic) bond motifs is 2. The van der Waals surface area contributed by atoms with E-state index in [0.717, 1.165) is 18.9 Å². The van der Waals surface area contributed by atoms with E-state index in [4.69, 9.17) is 27.9 Å². The van der Waals surface area contributed by atoms with Crippen LogP contribution in [0.15, 0.2) is 25.3 Å². The molecule has 0 aromatic heterocycles. The minimum absolute atomic E-state index is 0.0942. The molecule has 39 heavy (non-hydrogen) atoms. The van der Waals surface area contributed by atoms with Crippen molar-refractivity contribution in [2.24, 2.45) is 16.7 Å². The van der Waals surface area contributed by atoms with E-state index in [-0.39, 0.29) is 36.7 Å². The fraction of sp³-hybridized carbons (Fsp3) is 0.786. The Bertz CT molecular complexity index is 786. The average Bonchev–Trinajstić information content (AvgIpc) is 3.13. The second-order valence-corrected chi connectivity index (χ2v) is 26.1. The predicted octanol–water partition coefficient (Wildman–Crippen LogP) is 5.78. The molecule has 0 aliphatic heterocycles. The van der Waals surface area contributed by atoms with Gasteiger partial charge in [0.2, 0.25) is 0 Å². The van der Waals surface area contributed by atoms with Crippen LogP contribution >= 0.6 is 0 Å². The first-order valence-corrected chi connectivity index (χ1v) is 23.3. The highest BCUT2D eigenvalue weighted by atomic mass is 28.5.